The van der Waals surface area contributed by atoms with Gasteiger partial charge in [0.25, 0.3) is 5.56 Å². The van der Waals surface area contributed by atoms with Crippen LogP contribution in [0.5, 0.6) is 0 Å². The first-order valence-electron chi connectivity index (χ1n) is 8.76. The van der Waals surface area contributed by atoms with Gasteiger partial charge in [0.2, 0.25) is 0 Å². The van der Waals surface area contributed by atoms with Gasteiger partial charge in [-0.25, -0.2) is 0 Å². The Morgan fingerprint density at radius 1 is 1.25 bits per heavy atom. The Hall–Kier alpha value is -2.23. The minimum absolute atomic E-state index is 0.179. The van der Waals surface area contributed by atoms with Crippen molar-refractivity contribution in [2.45, 2.75) is 38.5 Å². The summed E-state index contributed by atoms with van der Waals surface area (Å²) in [5.74, 6) is 0.619. The Bertz CT molecular complexity index is 1230. The van der Waals surface area contributed by atoms with Crippen LogP contribution in [0.1, 0.15) is 44.4 Å². The van der Waals surface area contributed by atoms with Gasteiger partial charge in [-0.1, -0.05) is 20.8 Å². The second-order valence-corrected chi connectivity index (χ2v) is 8.77. The predicted octanol–water partition coefficient (Wildman–Crippen LogP) is 3.03. The summed E-state index contributed by atoms with van der Waals surface area (Å²) < 4.78 is 2.20. The zero-order valence-electron chi connectivity index (χ0n) is 13.9. The highest BCUT2D eigenvalue weighted by atomic mass is 16.1. The lowest BCUT2D eigenvalue weighted by Crippen LogP contribution is -2.41. The number of fused-ring (bicyclic) bond motifs is 10. The van der Waals surface area contributed by atoms with Gasteiger partial charge in [0, 0.05) is 45.9 Å². The number of hydrogen-bond donors (Lipinski definition) is 0. The Morgan fingerprint density at radius 2 is 2.08 bits per heavy atom. The Labute approximate surface area is 138 Å². The topological polar surface area (TPSA) is 47.3 Å². The highest BCUT2D eigenvalue weighted by Crippen LogP contribution is 3.17. The minimum Gasteiger partial charge on any atom is -0.304 e. The number of nitrogens with zero attached hydrogens (tertiary/aromatic N) is 3. The summed E-state index contributed by atoms with van der Waals surface area (Å²) >= 11 is 0. The summed E-state index contributed by atoms with van der Waals surface area (Å²) in [4.78, 5) is 21.0. The molecule has 3 fully saturated rings. The van der Waals surface area contributed by atoms with Crippen LogP contribution < -0.4 is 5.56 Å². The van der Waals surface area contributed by atoms with Crippen molar-refractivity contribution >= 4 is 16.6 Å². The fourth-order valence-corrected chi connectivity index (χ4v) is 8.28. The first-order valence-corrected chi connectivity index (χ1v) is 8.76. The molecular formula is C20H17N3O. The van der Waals surface area contributed by atoms with Crippen LogP contribution in [0.4, 0.5) is 0 Å². The molecule has 0 amide bonds. The van der Waals surface area contributed by atoms with Gasteiger partial charge in [-0.3, -0.25) is 9.78 Å². The van der Waals surface area contributed by atoms with E-state index in [1.165, 1.54) is 17.7 Å². The molecule has 3 aromatic heterocycles. The van der Waals surface area contributed by atoms with Gasteiger partial charge in [-0.2, -0.15) is 4.98 Å². The highest BCUT2D eigenvalue weighted by molar-refractivity contribution is 5.97. The normalized spacial score (nSPS) is 45.5. The zero-order chi connectivity index (χ0) is 16.3. The predicted molar refractivity (Wildman–Crippen MR) is 90.1 cm³/mol. The van der Waals surface area contributed by atoms with Crippen molar-refractivity contribution in [2.24, 2.45) is 16.2 Å². The van der Waals surface area contributed by atoms with Gasteiger partial charge < -0.3 is 4.40 Å². The highest BCUT2D eigenvalue weighted by Gasteiger charge is 3.15. The zero-order valence-corrected chi connectivity index (χ0v) is 13.9. The van der Waals surface area contributed by atoms with E-state index in [-0.39, 0.29) is 11.0 Å². The van der Waals surface area contributed by atoms with Crippen LogP contribution in [0.2, 0.25) is 0 Å². The molecule has 5 atom stereocenters. The molecule has 0 radical (unpaired) electrons. The van der Waals surface area contributed by atoms with Crippen LogP contribution in [0.3, 0.4) is 0 Å². The molecule has 0 N–H and O–H groups in total. The van der Waals surface area contributed by atoms with Crippen molar-refractivity contribution in [2.75, 3.05) is 0 Å². The SMILES string of the molecule is CC12CC3c4c(n5ccc(=O)nc5c5cccnc45)C4(C)C1(C)C324. The standard InChI is InChI=1S/C20H17N3O/c1-17-9-11-13-14-10(5-4-7-21-14)16-22-12(24)6-8-23(16)15(13)18(2)19(17,3)20(11,17)18/h4-8,11H,9H2,1-3H3. The summed E-state index contributed by atoms with van der Waals surface area (Å²) in [6.45, 7) is 7.37. The third kappa shape index (κ3) is 0.700. The molecular weight excluding hydrogens is 298 g/mol. The van der Waals surface area contributed by atoms with Crippen molar-refractivity contribution in [3.05, 3.63) is 52.2 Å². The maximum atomic E-state index is 11.9. The average molecular weight is 315 g/mol. The van der Waals surface area contributed by atoms with E-state index in [0.29, 0.717) is 22.2 Å². The fourth-order valence-electron chi connectivity index (χ4n) is 8.28. The van der Waals surface area contributed by atoms with Crippen LogP contribution >= 0.6 is 0 Å². The molecule has 7 rings (SSSR count). The Kier molecular flexibility index (Phi) is 1.42. The van der Waals surface area contributed by atoms with Gasteiger partial charge in [0.1, 0.15) is 0 Å². The first kappa shape index (κ1) is 12.2. The van der Waals surface area contributed by atoms with Crippen molar-refractivity contribution in [3.63, 3.8) is 0 Å². The average Bonchev–Trinajstić information content (AvgIpc) is 3.17. The van der Waals surface area contributed by atoms with Crippen molar-refractivity contribution in [3.8, 4) is 0 Å². The molecule has 4 nitrogen and oxygen atoms in total. The number of hydrogen-bond acceptors (Lipinski definition) is 3. The van der Waals surface area contributed by atoms with Crippen LogP contribution in [0.25, 0.3) is 16.6 Å². The molecule has 4 aliphatic rings. The minimum atomic E-state index is -0.179. The van der Waals surface area contributed by atoms with Gasteiger partial charge in [0.15, 0.2) is 5.65 Å². The third-order valence-electron chi connectivity index (χ3n) is 8.99. The molecule has 0 aromatic carbocycles. The maximum Gasteiger partial charge on any atom is 0.273 e. The van der Waals surface area contributed by atoms with Gasteiger partial charge in [-0.15, -0.1) is 0 Å². The van der Waals surface area contributed by atoms with E-state index >= 15 is 0 Å². The lowest BCUT2D eigenvalue weighted by molar-refractivity contribution is 0.0791. The van der Waals surface area contributed by atoms with Gasteiger partial charge >= 0.3 is 0 Å². The monoisotopic (exact) mass is 315 g/mol. The molecule has 0 aliphatic heterocycles. The molecule has 3 heterocycles. The van der Waals surface area contributed by atoms with E-state index in [4.69, 9.17) is 4.98 Å². The quantitative estimate of drug-likeness (QED) is 0.599. The molecule has 3 aromatic rings. The van der Waals surface area contributed by atoms with E-state index in [1.54, 1.807) is 6.07 Å². The van der Waals surface area contributed by atoms with E-state index < -0.39 is 0 Å². The second-order valence-electron chi connectivity index (χ2n) is 8.77. The summed E-state index contributed by atoms with van der Waals surface area (Å²) in [5.41, 5.74) is 5.99. The molecule has 1 spiro atoms. The summed E-state index contributed by atoms with van der Waals surface area (Å²) in [6, 6.07) is 5.58. The Balaban J connectivity index is 1.75. The van der Waals surface area contributed by atoms with Crippen LogP contribution in [0, 0.1) is 16.2 Å². The maximum absolute atomic E-state index is 11.9. The van der Waals surface area contributed by atoms with Gasteiger partial charge in [0.05, 0.1) is 5.52 Å². The van der Waals surface area contributed by atoms with Crippen molar-refractivity contribution in [1.29, 1.82) is 0 Å². The lowest BCUT2D eigenvalue weighted by Gasteiger charge is -2.45. The van der Waals surface area contributed by atoms with E-state index in [0.717, 1.165) is 16.6 Å². The molecule has 118 valence electrons. The summed E-state index contributed by atoms with van der Waals surface area (Å²) in [6.07, 6.45) is 5.08. The second kappa shape index (κ2) is 2.81. The largest absolute Gasteiger partial charge is 0.304 e. The molecule has 3 saturated carbocycles. The molecule has 24 heavy (non-hydrogen) atoms. The first-order chi connectivity index (χ1) is 11.4. The molecule has 0 saturated heterocycles. The van der Waals surface area contributed by atoms with Crippen LogP contribution in [0.15, 0.2) is 35.4 Å². The van der Waals surface area contributed by atoms with Crippen molar-refractivity contribution in [1.82, 2.24) is 14.4 Å². The Morgan fingerprint density at radius 3 is 2.88 bits per heavy atom. The van der Waals surface area contributed by atoms with E-state index in [1.807, 2.05) is 18.5 Å². The number of rotatable bonds is 0. The summed E-state index contributed by atoms with van der Waals surface area (Å²) in [7, 11) is 0. The molecule has 4 aliphatic carbocycles. The van der Waals surface area contributed by atoms with E-state index in [9.17, 15) is 4.79 Å². The van der Waals surface area contributed by atoms with Crippen molar-refractivity contribution < 1.29 is 0 Å². The smallest absolute Gasteiger partial charge is 0.273 e. The molecule has 0 bridgehead atoms. The lowest BCUT2D eigenvalue weighted by atomic mass is 9.58. The number of aromatic nitrogens is 3. The molecule has 5 unspecified atom stereocenters. The van der Waals surface area contributed by atoms with E-state index in [2.05, 4.69) is 36.2 Å². The summed E-state index contributed by atoms with van der Waals surface area (Å²) in [5, 5.41) is 1.01. The van der Waals surface area contributed by atoms with Crippen LogP contribution in [-0.4, -0.2) is 14.4 Å². The number of pyridine rings is 2. The van der Waals surface area contributed by atoms with Crippen LogP contribution in [-0.2, 0) is 5.41 Å². The molecule has 4 heteroatoms. The van der Waals surface area contributed by atoms with Gasteiger partial charge in [-0.05, 0) is 35.3 Å². The third-order valence-corrected chi connectivity index (χ3v) is 8.99. The fraction of sp³-hybridized carbons (Fsp3) is 0.450.